The Balaban J connectivity index is 4.51. The van der Waals surface area contributed by atoms with E-state index in [-0.39, 0.29) is 5.41 Å². The molecule has 0 radical (unpaired) electrons. The summed E-state index contributed by atoms with van der Waals surface area (Å²) >= 11 is 0. The first-order valence-corrected chi connectivity index (χ1v) is 6.64. The largest absolute Gasteiger partial charge is 0.404 e. The van der Waals surface area contributed by atoms with Gasteiger partial charge >= 0.3 is 6.18 Å². The highest BCUT2D eigenvalue weighted by molar-refractivity contribution is 4.81. The molecule has 0 unspecified atom stereocenters. The van der Waals surface area contributed by atoms with Gasteiger partial charge in [0.2, 0.25) is 0 Å². The zero-order valence-electron chi connectivity index (χ0n) is 12.7. The summed E-state index contributed by atoms with van der Waals surface area (Å²) in [6, 6.07) is -1.34. The molecule has 0 heterocycles. The Morgan fingerprint density at radius 3 is 1.72 bits per heavy atom. The van der Waals surface area contributed by atoms with E-state index in [4.69, 9.17) is 0 Å². The van der Waals surface area contributed by atoms with Crippen LogP contribution in [0.2, 0.25) is 0 Å². The highest BCUT2D eigenvalue weighted by Gasteiger charge is 2.44. The lowest BCUT2D eigenvalue weighted by Crippen LogP contribution is -2.47. The highest BCUT2D eigenvalue weighted by atomic mass is 19.4. The molecule has 0 aliphatic carbocycles. The Morgan fingerprint density at radius 1 is 1.00 bits per heavy atom. The second kappa shape index (κ2) is 6.27. The first-order valence-electron chi connectivity index (χ1n) is 6.64. The van der Waals surface area contributed by atoms with Gasteiger partial charge in [-0.05, 0) is 37.3 Å². The van der Waals surface area contributed by atoms with Crippen molar-refractivity contribution in [2.45, 2.75) is 60.2 Å². The molecule has 0 aromatic heterocycles. The number of hydrogen-bond donors (Lipinski definition) is 0. The lowest BCUT2D eigenvalue weighted by Gasteiger charge is -2.35. The van der Waals surface area contributed by atoms with Gasteiger partial charge < -0.3 is 0 Å². The average molecular weight is 267 g/mol. The zero-order chi connectivity index (χ0) is 14.7. The number of rotatable bonds is 5. The normalized spacial score (nSPS) is 17.3. The quantitative estimate of drug-likeness (QED) is 0.705. The minimum absolute atomic E-state index is 0.145. The highest BCUT2D eigenvalue weighted by Crippen LogP contribution is 2.32. The molecule has 0 aromatic rings. The lowest BCUT2D eigenvalue weighted by molar-refractivity contribution is -0.191. The molecule has 4 heteroatoms. The Kier molecular flexibility index (Phi) is 6.18. The van der Waals surface area contributed by atoms with Crippen LogP contribution in [0.5, 0.6) is 0 Å². The van der Waals surface area contributed by atoms with Gasteiger partial charge in [-0.1, -0.05) is 41.5 Å². The molecule has 0 aliphatic heterocycles. The van der Waals surface area contributed by atoms with Crippen molar-refractivity contribution in [3.05, 3.63) is 0 Å². The van der Waals surface area contributed by atoms with Gasteiger partial charge in [0.05, 0.1) is 0 Å². The summed E-state index contributed by atoms with van der Waals surface area (Å²) in [4.78, 5) is 1.45. The molecule has 0 aromatic carbocycles. The van der Waals surface area contributed by atoms with Crippen molar-refractivity contribution in [2.75, 3.05) is 13.6 Å². The van der Waals surface area contributed by atoms with Crippen LogP contribution in [0.4, 0.5) is 13.2 Å². The van der Waals surface area contributed by atoms with Gasteiger partial charge in [-0.3, -0.25) is 4.90 Å². The van der Waals surface area contributed by atoms with Crippen LogP contribution in [0, 0.1) is 17.3 Å². The van der Waals surface area contributed by atoms with Crippen molar-refractivity contribution in [1.29, 1.82) is 0 Å². The number of halogens is 3. The van der Waals surface area contributed by atoms with Crippen LogP contribution in [0.25, 0.3) is 0 Å². The predicted molar refractivity (Wildman–Crippen MR) is 70.5 cm³/mol. The second-order valence-corrected chi connectivity index (χ2v) is 6.77. The molecule has 110 valence electrons. The third kappa shape index (κ3) is 5.59. The Labute approximate surface area is 110 Å². The van der Waals surface area contributed by atoms with Gasteiger partial charge in [-0.25, -0.2) is 0 Å². The fraction of sp³-hybridized carbons (Fsp3) is 1.00. The monoisotopic (exact) mass is 267 g/mol. The van der Waals surface area contributed by atoms with Crippen molar-refractivity contribution in [3.63, 3.8) is 0 Å². The van der Waals surface area contributed by atoms with Crippen molar-refractivity contribution in [2.24, 2.45) is 17.3 Å². The van der Waals surface area contributed by atoms with E-state index >= 15 is 0 Å². The summed E-state index contributed by atoms with van der Waals surface area (Å²) < 4.78 is 38.8. The second-order valence-electron chi connectivity index (χ2n) is 6.77. The molecule has 0 aliphatic rings. The molecular weight excluding hydrogens is 239 g/mol. The first kappa shape index (κ1) is 17.8. The van der Waals surface area contributed by atoms with E-state index in [9.17, 15) is 13.2 Å². The van der Waals surface area contributed by atoms with Crippen molar-refractivity contribution >= 4 is 0 Å². The van der Waals surface area contributed by atoms with E-state index < -0.39 is 18.1 Å². The standard InChI is InChI=1S/C14H28F3N/c1-10(2)12(14(15,16)17)18(7)9-8-11(3)13(4,5)6/h10-12H,8-9H2,1-7H3/t11-,12+/m1/s1. The van der Waals surface area contributed by atoms with E-state index in [2.05, 4.69) is 27.7 Å². The summed E-state index contributed by atoms with van der Waals surface area (Å²) in [5, 5.41) is 0. The summed E-state index contributed by atoms with van der Waals surface area (Å²) in [6.45, 7) is 12.2. The van der Waals surface area contributed by atoms with Crippen LogP contribution in [0.3, 0.4) is 0 Å². The molecule has 18 heavy (non-hydrogen) atoms. The van der Waals surface area contributed by atoms with Crippen LogP contribution in [-0.4, -0.2) is 30.7 Å². The lowest BCUT2D eigenvalue weighted by atomic mass is 9.80. The van der Waals surface area contributed by atoms with Crippen LogP contribution in [0.1, 0.15) is 48.0 Å². The van der Waals surface area contributed by atoms with Crippen LogP contribution in [0.15, 0.2) is 0 Å². The maximum Gasteiger partial charge on any atom is 0.404 e. The molecule has 0 bridgehead atoms. The fourth-order valence-corrected chi connectivity index (χ4v) is 2.11. The Bertz CT molecular complexity index is 240. The summed E-state index contributed by atoms with van der Waals surface area (Å²) in [5.41, 5.74) is 0.145. The van der Waals surface area contributed by atoms with Gasteiger partial charge in [0.1, 0.15) is 6.04 Å². The van der Waals surface area contributed by atoms with E-state index in [1.807, 2.05) is 0 Å². The molecule has 0 spiro atoms. The number of alkyl halides is 3. The van der Waals surface area contributed by atoms with Crippen LogP contribution >= 0.6 is 0 Å². The van der Waals surface area contributed by atoms with Crippen molar-refractivity contribution < 1.29 is 13.2 Å². The Morgan fingerprint density at radius 2 is 1.44 bits per heavy atom. The SMILES string of the molecule is CC(C)[C@H](N(C)CC[C@@H](C)C(C)(C)C)C(F)(F)F. The topological polar surface area (TPSA) is 3.24 Å². The predicted octanol–water partition coefficient (Wildman–Crippen LogP) is 4.58. The van der Waals surface area contributed by atoms with E-state index in [1.54, 1.807) is 20.9 Å². The molecule has 0 fully saturated rings. The smallest absolute Gasteiger partial charge is 0.295 e. The van der Waals surface area contributed by atoms with Gasteiger partial charge in [0.15, 0.2) is 0 Å². The number of nitrogens with zero attached hydrogens (tertiary/aromatic N) is 1. The maximum absolute atomic E-state index is 12.9. The minimum atomic E-state index is -4.14. The van der Waals surface area contributed by atoms with Gasteiger partial charge in [0, 0.05) is 0 Å². The van der Waals surface area contributed by atoms with Crippen molar-refractivity contribution in [1.82, 2.24) is 4.90 Å². The summed E-state index contributed by atoms with van der Waals surface area (Å²) in [6.07, 6.45) is -3.35. The first-order chi connectivity index (χ1) is 7.87. The third-order valence-electron chi connectivity index (χ3n) is 3.83. The molecule has 2 atom stereocenters. The van der Waals surface area contributed by atoms with Crippen LogP contribution < -0.4 is 0 Å². The van der Waals surface area contributed by atoms with Gasteiger partial charge in [-0.15, -0.1) is 0 Å². The average Bonchev–Trinajstić information content (AvgIpc) is 2.09. The zero-order valence-corrected chi connectivity index (χ0v) is 12.7. The van der Waals surface area contributed by atoms with E-state index in [0.717, 1.165) is 6.42 Å². The summed E-state index contributed by atoms with van der Waals surface area (Å²) in [7, 11) is 1.58. The number of hydrogen-bond acceptors (Lipinski definition) is 1. The maximum atomic E-state index is 12.9. The third-order valence-corrected chi connectivity index (χ3v) is 3.83. The molecule has 0 amide bonds. The van der Waals surface area contributed by atoms with Gasteiger partial charge in [0.25, 0.3) is 0 Å². The fourth-order valence-electron chi connectivity index (χ4n) is 2.11. The molecule has 0 rings (SSSR count). The molecule has 0 N–H and O–H groups in total. The minimum Gasteiger partial charge on any atom is -0.295 e. The van der Waals surface area contributed by atoms with Gasteiger partial charge in [-0.2, -0.15) is 13.2 Å². The molecule has 0 saturated carbocycles. The molecular formula is C14H28F3N. The van der Waals surface area contributed by atoms with Crippen molar-refractivity contribution in [3.8, 4) is 0 Å². The molecule has 1 nitrogen and oxygen atoms in total. The van der Waals surface area contributed by atoms with Crippen LogP contribution in [-0.2, 0) is 0 Å². The van der Waals surface area contributed by atoms with E-state index in [0.29, 0.717) is 12.5 Å². The Hall–Kier alpha value is -0.250. The molecule has 0 saturated heterocycles. The van der Waals surface area contributed by atoms with E-state index in [1.165, 1.54) is 4.90 Å². The summed E-state index contributed by atoms with van der Waals surface area (Å²) in [5.74, 6) is -0.0130.